The van der Waals surface area contributed by atoms with Crippen LogP contribution in [0.1, 0.15) is 82.3 Å². The first kappa shape index (κ1) is 24.9. The number of aliphatic imine (C=N–C) groups is 3. The van der Waals surface area contributed by atoms with Crippen molar-refractivity contribution >= 4 is 11.8 Å². The average molecular weight is 445 g/mol. The summed E-state index contributed by atoms with van der Waals surface area (Å²) in [5, 5.41) is 3.54. The van der Waals surface area contributed by atoms with Crippen LogP contribution < -0.4 is 5.32 Å². The number of benzene rings is 2. The van der Waals surface area contributed by atoms with Crippen LogP contribution in [0.25, 0.3) is 0 Å². The maximum Gasteiger partial charge on any atom is 0.0937 e. The summed E-state index contributed by atoms with van der Waals surface area (Å²) in [6.07, 6.45) is 13.2. The molecule has 0 amide bonds. The van der Waals surface area contributed by atoms with Crippen LogP contribution in [0.5, 0.6) is 0 Å². The molecule has 2 saturated carbocycles. The summed E-state index contributed by atoms with van der Waals surface area (Å²) in [6, 6.07) is 24.6. The van der Waals surface area contributed by atoms with E-state index in [0.29, 0.717) is 18.6 Å². The molecule has 2 aromatic rings. The maximum absolute atomic E-state index is 4.59. The van der Waals surface area contributed by atoms with Gasteiger partial charge in [-0.2, -0.15) is 0 Å². The molecule has 1 N–H and O–H groups in total. The minimum Gasteiger partial charge on any atom is -0.371 e. The zero-order chi connectivity index (χ0) is 23.0. The third-order valence-corrected chi connectivity index (χ3v) is 6.35. The number of amidine groups is 1. The van der Waals surface area contributed by atoms with E-state index in [0.717, 1.165) is 12.4 Å². The Bertz CT molecular complexity index is 857. The third-order valence-electron chi connectivity index (χ3n) is 6.35. The lowest BCUT2D eigenvalue weighted by Crippen LogP contribution is -2.34. The van der Waals surface area contributed by atoms with Crippen LogP contribution in [-0.4, -0.2) is 23.9 Å². The van der Waals surface area contributed by atoms with Gasteiger partial charge in [0.1, 0.15) is 0 Å². The van der Waals surface area contributed by atoms with Gasteiger partial charge in [-0.3, -0.25) is 4.99 Å². The molecule has 0 atom stereocenters. The molecule has 0 bridgehead atoms. The van der Waals surface area contributed by atoms with Crippen LogP contribution in [0, 0.1) is 0 Å². The summed E-state index contributed by atoms with van der Waals surface area (Å²) in [4.78, 5) is 13.2. The van der Waals surface area contributed by atoms with Gasteiger partial charge in [0.15, 0.2) is 0 Å². The minimum absolute atomic E-state index is 0.480. The molecule has 0 heterocycles. The highest BCUT2D eigenvalue weighted by molar-refractivity contribution is 5.79. The highest BCUT2D eigenvalue weighted by Gasteiger charge is 2.12. The van der Waals surface area contributed by atoms with Crippen molar-refractivity contribution in [2.75, 3.05) is 0 Å². The molecule has 2 aliphatic rings. The summed E-state index contributed by atoms with van der Waals surface area (Å²) < 4.78 is 0. The fourth-order valence-corrected chi connectivity index (χ4v) is 4.42. The second-order valence-electron chi connectivity index (χ2n) is 9.19. The molecular weight excluding hydrogens is 404 g/mol. The van der Waals surface area contributed by atoms with Gasteiger partial charge >= 0.3 is 0 Å². The normalized spacial score (nSPS) is 17.3. The molecular formula is C29H40N4. The Hall–Kier alpha value is -2.71. The van der Waals surface area contributed by atoms with E-state index in [1.165, 1.54) is 75.3 Å². The largest absolute Gasteiger partial charge is 0.371 e. The molecule has 0 radical (unpaired) electrons. The first-order valence-electron chi connectivity index (χ1n) is 12.8. The lowest BCUT2D eigenvalue weighted by Gasteiger charge is -2.23. The Morgan fingerprint density at radius 2 is 1.30 bits per heavy atom. The topological polar surface area (TPSA) is 49.1 Å². The Morgan fingerprint density at radius 3 is 1.91 bits per heavy atom. The number of rotatable bonds is 6. The van der Waals surface area contributed by atoms with Crippen LogP contribution in [0.4, 0.5) is 0 Å². The Kier molecular flexibility index (Phi) is 11.5. The van der Waals surface area contributed by atoms with E-state index in [2.05, 4.69) is 69.6 Å². The van der Waals surface area contributed by atoms with Gasteiger partial charge in [-0.05, 0) is 43.7 Å². The number of hydrogen-bond acceptors (Lipinski definition) is 3. The smallest absolute Gasteiger partial charge is 0.0937 e. The molecule has 4 nitrogen and oxygen atoms in total. The summed E-state index contributed by atoms with van der Waals surface area (Å²) in [5.74, 6) is 1.08. The molecule has 4 rings (SSSR count). The SMILES string of the molecule is C(=NCc1ccccc1)=NC1CCCCC1.CC(=NCc1ccccc1)NC1CCCCC1. The van der Waals surface area contributed by atoms with Crippen molar-refractivity contribution in [3.05, 3.63) is 71.8 Å². The van der Waals surface area contributed by atoms with Gasteiger partial charge in [0.2, 0.25) is 0 Å². The van der Waals surface area contributed by atoms with Gasteiger partial charge in [0.25, 0.3) is 0 Å². The molecule has 2 fully saturated rings. The highest BCUT2D eigenvalue weighted by Crippen LogP contribution is 2.19. The standard InChI is InChI=1S/C15H22N2.C14H18N2/c1-13(17-15-10-6-3-7-11-15)16-12-14-8-4-2-5-9-14;1-3-7-13(8-4-1)11-15-12-16-14-9-5-2-6-10-14/h2,4-5,8-9,15H,3,6-7,10-12H2,1H3,(H,16,17);1,3-4,7-8,14H,2,5-6,9-11H2. The Balaban J connectivity index is 0.000000186. The molecule has 176 valence electrons. The molecule has 0 spiro atoms. The van der Waals surface area contributed by atoms with Crippen LogP contribution in [-0.2, 0) is 13.1 Å². The van der Waals surface area contributed by atoms with Crippen molar-refractivity contribution in [2.24, 2.45) is 15.0 Å². The number of nitrogens with one attached hydrogen (secondary N) is 1. The van der Waals surface area contributed by atoms with Gasteiger partial charge in [0.05, 0.1) is 31.0 Å². The van der Waals surface area contributed by atoms with Crippen molar-refractivity contribution in [1.29, 1.82) is 0 Å². The predicted molar refractivity (Wildman–Crippen MR) is 140 cm³/mol. The predicted octanol–water partition coefficient (Wildman–Crippen LogP) is 7.22. The van der Waals surface area contributed by atoms with E-state index in [9.17, 15) is 0 Å². The molecule has 0 aromatic heterocycles. The second kappa shape index (κ2) is 15.2. The fraction of sp³-hybridized carbons (Fsp3) is 0.517. The van der Waals surface area contributed by atoms with Crippen molar-refractivity contribution < 1.29 is 0 Å². The van der Waals surface area contributed by atoms with Crippen LogP contribution >= 0.6 is 0 Å². The molecule has 33 heavy (non-hydrogen) atoms. The highest BCUT2D eigenvalue weighted by atomic mass is 15.0. The monoisotopic (exact) mass is 444 g/mol. The summed E-state index contributed by atoms with van der Waals surface area (Å²) in [5.41, 5.74) is 2.49. The van der Waals surface area contributed by atoms with Gasteiger partial charge in [-0.15, -0.1) is 0 Å². The van der Waals surface area contributed by atoms with Gasteiger partial charge < -0.3 is 5.32 Å². The zero-order valence-corrected chi connectivity index (χ0v) is 20.3. The van der Waals surface area contributed by atoms with Gasteiger partial charge in [0, 0.05) is 6.04 Å². The summed E-state index contributed by atoms with van der Waals surface area (Å²) in [7, 11) is 0. The van der Waals surface area contributed by atoms with Crippen molar-refractivity contribution in [3.8, 4) is 0 Å². The Labute approximate surface area is 200 Å². The summed E-state index contributed by atoms with van der Waals surface area (Å²) in [6.45, 7) is 3.56. The first-order chi connectivity index (χ1) is 16.3. The average Bonchev–Trinajstić information content (AvgIpc) is 2.88. The molecule has 2 aliphatic carbocycles. The molecule has 0 saturated heterocycles. The fourth-order valence-electron chi connectivity index (χ4n) is 4.42. The minimum atomic E-state index is 0.480. The summed E-state index contributed by atoms with van der Waals surface area (Å²) >= 11 is 0. The lowest BCUT2D eigenvalue weighted by atomic mass is 9.95. The van der Waals surface area contributed by atoms with E-state index < -0.39 is 0 Å². The first-order valence-corrected chi connectivity index (χ1v) is 12.8. The molecule has 0 unspecified atom stereocenters. The van der Waals surface area contributed by atoms with E-state index in [1.807, 2.05) is 24.3 Å². The molecule has 0 aliphatic heterocycles. The zero-order valence-electron chi connectivity index (χ0n) is 20.3. The van der Waals surface area contributed by atoms with E-state index in [-0.39, 0.29) is 0 Å². The third kappa shape index (κ3) is 10.6. The van der Waals surface area contributed by atoms with Crippen molar-refractivity contribution in [1.82, 2.24) is 5.32 Å². The van der Waals surface area contributed by atoms with Gasteiger partial charge in [-0.1, -0.05) is 99.2 Å². The van der Waals surface area contributed by atoms with E-state index in [4.69, 9.17) is 0 Å². The molecule has 4 heteroatoms. The Morgan fingerprint density at radius 1 is 0.758 bits per heavy atom. The second-order valence-corrected chi connectivity index (χ2v) is 9.19. The van der Waals surface area contributed by atoms with Crippen LogP contribution in [0.2, 0.25) is 0 Å². The number of hydrogen-bond donors (Lipinski definition) is 1. The molecule has 2 aromatic carbocycles. The van der Waals surface area contributed by atoms with Crippen LogP contribution in [0.3, 0.4) is 0 Å². The lowest BCUT2D eigenvalue weighted by molar-refractivity contribution is 0.412. The number of nitrogens with zero attached hydrogens (tertiary/aromatic N) is 3. The van der Waals surface area contributed by atoms with E-state index in [1.54, 1.807) is 0 Å². The van der Waals surface area contributed by atoms with E-state index >= 15 is 0 Å². The maximum atomic E-state index is 4.59. The van der Waals surface area contributed by atoms with Crippen molar-refractivity contribution in [3.63, 3.8) is 0 Å². The van der Waals surface area contributed by atoms with Crippen LogP contribution in [0.15, 0.2) is 75.6 Å². The van der Waals surface area contributed by atoms with Gasteiger partial charge in [-0.25, -0.2) is 9.98 Å². The quantitative estimate of drug-likeness (QED) is 0.371. The van der Waals surface area contributed by atoms with Crippen molar-refractivity contribution in [2.45, 2.75) is 96.3 Å².